The molecule has 2 rings (SSSR count). The van der Waals surface area contributed by atoms with E-state index in [4.69, 9.17) is 4.74 Å². The number of pyridine rings is 2. The van der Waals surface area contributed by atoms with Crippen molar-refractivity contribution in [2.24, 2.45) is 0 Å². The normalized spacial score (nSPS) is 12.2. The Bertz CT molecular complexity index is 528. The number of nitrogens with zero attached hydrogens (tertiary/aromatic N) is 2. The molecule has 2 aromatic rings. The van der Waals surface area contributed by atoms with Gasteiger partial charge < -0.3 is 10.1 Å². The zero-order valence-corrected chi connectivity index (χ0v) is 11.6. The van der Waals surface area contributed by atoms with E-state index in [0.717, 1.165) is 22.8 Å². The number of nitrogens with one attached hydrogen (secondary N) is 1. The van der Waals surface area contributed by atoms with Gasteiger partial charge in [-0.25, -0.2) is 0 Å². The smallest absolute Gasteiger partial charge is 0.122 e. The van der Waals surface area contributed by atoms with Crippen LogP contribution in [0.25, 0.3) is 0 Å². The molecule has 0 saturated heterocycles. The molecule has 1 atom stereocenters. The van der Waals surface area contributed by atoms with Crippen molar-refractivity contribution in [3.63, 3.8) is 0 Å². The summed E-state index contributed by atoms with van der Waals surface area (Å²) in [6.07, 6.45) is 1.81. The monoisotopic (exact) mass is 257 g/mol. The summed E-state index contributed by atoms with van der Waals surface area (Å²) in [7, 11) is 1.67. The van der Waals surface area contributed by atoms with Gasteiger partial charge in [-0.3, -0.25) is 9.97 Å². The largest absolute Gasteiger partial charge is 0.497 e. The minimum absolute atomic E-state index is 0.189. The molecule has 0 amide bonds. The first kappa shape index (κ1) is 13.5. The van der Waals surface area contributed by atoms with Gasteiger partial charge in [0.15, 0.2) is 0 Å². The Morgan fingerprint density at radius 1 is 1.32 bits per heavy atom. The third-order valence-corrected chi connectivity index (χ3v) is 2.94. The van der Waals surface area contributed by atoms with E-state index in [1.807, 2.05) is 43.5 Å². The van der Waals surface area contributed by atoms with Crippen molar-refractivity contribution in [3.05, 3.63) is 53.6 Å². The molecule has 0 spiro atoms. The lowest BCUT2D eigenvalue weighted by Crippen LogP contribution is -2.19. The molecule has 100 valence electrons. The summed E-state index contributed by atoms with van der Waals surface area (Å²) >= 11 is 0. The minimum Gasteiger partial charge on any atom is -0.497 e. The van der Waals surface area contributed by atoms with Crippen molar-refractivity contribution in [1.82, 2.24) is 15.3 Å². The summed E-state index contributed by atoms with van der Waals surface area (Å²) in [6.45, 7) is 4.75. The Balaban J connectivity index is 2.01. The predicted octanol–water partition coefficient (Wildman–Crippen LogP) is 2.64. The maximum atomic E-state index is 5.25. The first-order valence-electron chi connectivity index (χ1n) is 6.35. The highest BCUT2D eigenvalue weighted by Crippen LogP contribution is 2.14. The van der Waals surface area contributed by atoms with E-state index in [2.05, 4.69) is 22.2 Å². The fraction of sp³-hybridized carbons (Fsp3) is 0.333. The van der Waals surface area contributed by atoms with Crippen molar-refractivity contribution in [2.75, 3.05) is 7.11 Å². The molecule has 0 aliphatic carbocycles. The maximum absolute atomic E-state index is 5.25. The highest BCUT2D eigenvalue weighted by Gasteiger charge is 2.07. The van der Waals surface area contributed by atoms with Crippen molar-refractivity contribution in [1.29, 1.82) is 0 Å². The van der Waals surface area contributed by atoms with Gasteiger partial charge in [-0.05, 0) is 26.0 Å². The molecule has 0 fully saturated rings. The van der Waals surface area contributed by atoms with Crippen molar-refractivity contribution in [2.45, 2.75) is 26.4 Å². The molecule has 0 unspecified atom stereocenters. The Morgan fingerprint density at radius 2 is 2.16 bits per heavy atom. The van der Waals surface area contributed by atoms with Gasteiger partial charge in [-0.1, -0.05) is 6.07 Å². The lowest BCUT2D eigenvalue weighted by molar-refractivity contribution is 0.412. The average molecular weight is 257 g/mol. The topological polar surface area (TPSA) is 47.0 Å². The van der Waals surface area contributed by atoms with Crippen LogP contribution >= 0.6 is 0 Å². The number of ether oxygens (including phenoxy) is 1. The molecular formula is C15H19N3O. The quantitative estimate of drug-likeness (QED) is 0.894. The molecule has 0 saturated carbocycles. The zero-order chi connectivity index (χ0) is 13.7. The van der Waals surface area contributed by atoms with Gasteiger partial charge in [0.05, 0.1) is 18.5 Å². The van der Waals surface area contributed by atoms with Crippen molar-refractivity contribution < 1.29 is 4.74 Å². The molecule has 2 heterocycles. The van der Waals surface area contributed by atoms with Crippen molar-refractivity contribution >= 4 is 0 Å². The summed E-state index contributed by atoms with van der Waals surface area (Å²) in [5.74, 6) is 0.842. The number of rotatable bonds is 5. The minimum atomic E-state index is 0.189. The number of aryl methyl sites for hydroxylation is 1. The van der Waals surface area contributed by atoms with E-state index in [9.17, 15) is 0 Å². The lowest BCUT2D eigenvalue weighted by atomic mass is 10.2. The van der Waals surface area contributed by atoms with Gasteiger partial charge >= 0.3 is 0 Å². The van der Waals surface area contributed by atoms with Crippen molar-refractivity contribution in [3.8, 4) is 5.75 Å². The van der Waals surface area contributed by atoms with Crippen LogP contribution in [0, 0.1) is 6.92 Å². The summed E-state index contributed by atoms with van der Waals surface area (Å²) in [5.41, 5.74) is 2.96. The summed E-state index contributed by atoms with van der Waals surface area (Å²) < 4.78 is 5.25. The van der Waals surface area contributed by atoms with Crippen LogP contribution in [-0.2, 0) is 6.54 Å². The summed E-state index contributed by atoms with van der Waals surface area (Å²) in [6, 6.07) is 9.99. The number of hydrogen-bond acceptors (Lipinski definition) is 4. The molecule has 0 bridgehead atoms. The van der Waals surface area contributed by atoms with Crippen LogP contribution in [0.15, 0.2) is 36.5 Å². The first-order chi connectivity index (χ1) is 9.19. The number of aromatic nitrogens is 2. The second-order valence-corrected chi connectivity index (χ2v) is 4.50. The SMILES string of the molecule is COc1cc(C)nc(CN[C@H](C)c2ccccn2)c1. The second kappa shape index (κ2) is 6.29. The van der Waals surface area contributed by atoms with E-state index >= 15 is 0 Å². The summed E-state index contributed by atoms with van der Waals surface area (Å²) in [5, 5.41) is 3.41. The van der Waals surface area contributed by atoms with Crippen LogP contribution in [0.5, 0.6) is 5.75 Å². The molecule has 0 radical (unpaired) electrons. The average Bonchev–Trinajstić information content (AvgIpc) is 2.45. The molecule has 19 heavy (non-hydrogen) atoms. The second-order valence-electron chi connectivity index (χ2n) is 4.50. The van der Waals surface area contributed by atoms with Gasteiger partial charge in [0.25, 0.3) is 0 Å². The standard InChI is InChI=1S/C15H19N3O/c1-11-8-14(19-3)9-13(18-11)10-17-12(2)15-6-4-5-7-16-15/h4-9,12,17H,10H2,1-3H3/t12-/m1/s1. The lowest BCUT2D eigenvalue weighted by Gasteiger charge is -2.13. The third kappa shape index (κ3) is 3.76. The highest BCUT2D eigenvalue weighted by molar-refractivity contribution is 5.26. The number of hydrogen-bond donors (Lipinski definition) is 1. The molecule has 2 aromatic heterocycles. The zero-order valence-electron chi connectivity index (χ0n) is 11.6. The van der Waals surface area contributed by atoms with E-state index < -0.39 is 0 Å². The Kier molecular flexibility index (Phi) is 4.47. The molecule has 0 aliphatic heterocycles. The van der Waals surface area contributed by atoms with E-state index in [1.54, 1.807) is 7.11 Å². The third-order valence-electron chi connectivity index (χ3n) is 2.94. The van der Waals surface area contributed by atoms with Gasteiger partial charge in [0, 0.05) is 36.6 Å². The Hall–Kier alpha value is -1.94. The van der Waals surface area contributed by atoms with Crippen LogP contribution in [0.1, 0.15) is 30.0 Å². The van der Waals surface area contributed by atoms with Crippen LogP contribution in [0.3, 0.4) is 0 Å². The molecular weight excluding hydrogens is 238 g/mol. The molecule has 1 N–H and O–H groups in total. The van der Waals surface area contributed by atoms with E-state index in [-0.39, 0.29) is 6.04 Å². The van der Waals surface area contributed by atoms with Gasteiger partial charge in [0.1, 0.15) is 5.75 Å². The fourth-order valence-electron chi connectivity index (χ4n) is 1.91. The van der Waals surface area contributed by atoms with Crippen LogP contribution in [-0.4, -0.2) is 17.1 Å². The maximum Gasteiger partial charge on any atom is 0.122 e. The van der Waals surface area contributed by atoms with Gasteiger partial charge in [-0.15, -0.1) is 0 Å². The van der Waals surface area contributed by atoms with E-state index in [1.165, 1.54) is 0 Å². The molecule has 4 heteroatoms. The molecule has 0 aliphatic rings. The predicted molar refractivity (Wildman–Crippen MR) is 75.0 cm³/mol. The van der Waals surface area contributed by atoms with Crippen LogP contribution in [0.4, 0.5) is 0 Å². The molecule has 0 aromatic carbocycles. The first-order valence-corrected chi connectivity index (χ1v) is 6.35. The fourth-order valence-corrected chi connectivity index (χ4v) is 1.91. The van der Waals surface area contributed by atoms with E-state index in [0.29, 0.717) is 6.54 Å². The summed E-state index contributed by atoms with van der Waals surface area (Å²) in [4.78, 5) is 8.82. The molecule has 4 nitrogen and oxygen atoms in total. The van der Waals surface area contributed by atoms with Crippen LogP contribution in [0.2, 0.25) is 0 Å². The Labute approximate surface area is 113 Å². The van der Waals surface area contributed by atoms with Gasteiger partial charge in [-0.2, -0.15) is 0 Å². The number of methoxy groups -OCH3 is 1. The Morgan fingerprint density at radius 3 is 2.84 bits per heavy atom. The highest BCUT2D eigenvalue weighted by atomic mass is 16.5. The van der Waals surface area contributed by atoms with Crippen LogP contribution < -0.4 is 10.1 Å². The van der Waals surface area contributed by atoms with Gasteiger partial charge in [0.2, 0.25) is 0 Å².